The zero-order chi connectivity index (χ0) is 26.1. The molecule has 196 valence electrons. The standard InChI is InChI=1S/C23H30BrF2N5O3SSi/c1-15-11-28-30-31(15)13-22-10-19(22)23(12-25,17-9-16(24)5-6-18(17)26)29-21(35-22)34-20(32)27-14-33-7-8-36(2,3)4/h5-6,9,11,19H,7-8,10,12-14H2,1-4H3,(H,27,32)/t19-,22-,23-/m1/s1. The van der Waals surface area contributed by atoms with E-state index in [2.05, 4.69) is 56.2 Å². The summed E-state index contributed by atoms with van der Waals surface area (Å²) >= 11 is 4.61. The lowest BCUT2D eigenvalue weighted by Crippen LogP contribution is -2.41. The van der Waals surface area contributed by atoms with E-state index in [4.69, 9.17) is 9.47 Å². The van der Waals surface area contributed by atoms with Gasteiger partial charge in [0.25, 0.3) is 5.23 Å². The predicted octanol–water partition coefficient (Wildman–Crippen LogP) is 5.25. The van der Waals surface area contributed by atoms with Gasteiger partial charge in [0.1, 0.15) is 24.8 Å². The Morgan fingerprint density at radius 1 is 1.39 bits per heavy atom. The molecule has 0 saturated heterocycles. The maximum atomic E-state index is 15.0. The van der Waals surface area contributed by atoms with E-state index in [1.165, 1.54) is 17.8 Å². The first kappa shape index (κ1) is 27.2. The minimum atomic E-state index is -1.53. The van der Waals surface area contributed by atoms with Crippen molar-refractivity contribution in [2.75, 3.05) is 20.0 Å². The number of ether oxygens (including phenoxy) is 2. The molecule has 1 saturated carbocycles. The number of fused-ring (bicyclic) bond motifs is 1. The van der Waals surface area contributed by atoms with Gasteiger partial charge in [0.2, 0.25) is 0 Å². The normalized spacial score (nSPS) is 25.2. The van der Waals surface area contributed by atoms with E-state index in [0.717, 1.165) is 11.7 Å². The average Bonchev–Trinajstić information content (AvgIpc) is 3.39. The van der Waals surface area contributed by atoms with E-state index in [0.29, 0.717) is 24.0 Å². The number of aryl methyl sites for hydroxylation is 1. The molecule has 1 amide bonds. The van der Waals surface area contributed by atoms with Gasteiger partial charge >= 0.3 is 6.09 Å². The van der Waals surface area contributed by atoms with Crippen LogP contribution in [0.2, 0.25) is 25.7 Å². The van der Waals surface area contributed by atoms with Crippen LogP contribution in [0.25, 0.3) is 0 Å². The number of aromatic nitrogens is 3. The highest BCUT2D eigenvalue weighted by atomic mass is 79.9. The summed E-state index contributed by atoms with van der Waals surface area (Å²) in [5.41, 5.74) is -0.566. The number of hydrogen-bond donors (Lipinski definition) is 1. The second-order valence-corrected chi connectivity index (χ2v) is 18.3. The van der Waals surface area contributed by atoms with Crippen LogP contribution in [-0.4, -0.2) is 59.2 Å². The maximum absolute atomic E-state index is 15.0. The molecule has 3 atom stereocenters. The molecule has 4 rings (SSSR count). The molecule has 2 heterocycles. The summed E-state index contributed by atoms with van der Waals surface area (Å²) in [5, 5.41) is 10.6. The Balaban J connectivity index is 1.56. The third kappa shape index (κ3) is 5.84. The Hall–Kier alpha value is -1.83. The van der Waals surface area contributed by atoms with Crippen molar-refractivity contribution in [3.05, 3.63) is 45.9 Å². The van der Waals surface area contributed by atoms with Crippen molar-refractivity contribution in [2.24, 2.45) is 10.9 Å². The largest absolute Gasteiger partial charge is 0.416 e. The van der Waals surface area contributed by atoms with E-state index in [-0.39, 0.29) is 23.4 Å². The topological polar surface area (TPSA) is 90.6 Å². The van der Waals surface area contributed by atoms with Gasteiger partial charge in [0.05, 0.1) is 23.2 Å². The molecular weight excluding hydrogens is 572 g/mol. The van der Waals surface area contributed by atoms with Gasteiger partial charge in [-0.2, -0.15) is 0 Å². The summed E-state index contributed by atoms with van der Waals surface area (Å²) in [6, 6.07) is 5.35. The summed E-state index contributed by atoms with van der Waals surface area (Å²) in [5.74, 6) is -0.892. The molecule has 0 bridgehead atoms. The van der Waals surface area contributed by atoms with Crippen LogP contribution < -0.4 is 5.32 Å². The number of carbonyl (C=O) groups is 1. The number of alkyl halides is 1. The smallest absolute Gasteiger partial charge is 0.385 e. The quantitative estimate of drug-likeness (QED) is 0.240. The Morgan fingerprint density at radius 2 is 2.17 bits per heavy atom. The summed E-state index contributed by atoms with van der Waals surface area (Å²) < 4.78 is 42.7. The van der Waals surface area contributed by atoms with Gasteiger partial charge in [0.15, 0.2) is 0 Å². The molecule has 0 spiro atoms. The third-order valence-corrected chi connectivity index (χ3v) is 10.0. The molecule has 2 aliphatic rings. The third-order valence-electron chi connectivity index (χ3n) is 6.50. The lowest BCUT2D eigenvalue weighted by molar-refractivity contribution is 0.120. The number of nitrogens with one attached hydrogen (secondary N) is 1. The van der Waals surface area contributed by atoms with Gasteiger partial charge in [-0.15, -0.1) is 5.10 Å². The molecule has 1 aromatic carbocycles. The van der Waals surface area contributed by atoms with Gasteiger partial charge < -0.3 is 9.47 Å². The van der Waals surface area contributed by atoms with Gasteiger partial charge in [-0.1, -0.05) is 52.5 Å². The van der Waals surface area contributed by atoms with E-state index in [1.807, 2.05) is 6.92 Å². The second kappa shape index (κ2) is 10.5. The Labute approximate surface area is 222 Å². The van der Waals surface area contributed by atoms with Gasteiger partial charge in [-0.3, -0.25) is 5.32 Å². The minimum Gasteiger partial charge on any atom is -0.385 e. The van der Waals surface area contributed by atoms with Crippen molar-refractivity contribution in [1.29, 1.82) is 0 Å². The molecule has 1 fully saturated rings. The number of benzene rings is 1. The highest BCUT2D eigenvalue weighted by Gasteiger charge is 2.69. The van der Waals surface area contributed by atoms with Crippen molar-refractivity contribution >= 4 is 47.1 Å². The number of aliphatic imine (C=N–C) groups is 1. The van der Waals surface area contributed by atoms with Crippen LogP contribution in [0.1, 0.15) is 17.7 Å². The fraction of sp³-hybridized carbons (Fsp3) is 0.565. The summed E-state index contributed by atoms with van der Waals surface area (Å²) in [7, 11) is -1.25. The van der Waals surface area contributed by atoms with Gasteiger partial charge in [-0.25, -0.2) is 23.2 Å². The van der Waals surface area contributed by atoms with Crippen LogP contribution in [-0.2, 0) is 21.6 Å². The summed E-state index contributed by atoms with van der Waals surface area (Å²) in [6.45, 7) is 8.57. The number of rotatable bonds is 9. The second-order valence-electron chi connectivity index (χ2n) is 10.4. The molecular formula is C23H30BrF2N5O3SSi. The maximum Gasteiger partial charge on any atom is 0.416 e. The summed E-state index contributed by atoms with van der Waals surface area (Å²) in [6.07, 6.45) is 1.42. The van der Waals surface area contributed by atoms with Crippen molar-refractivity contribution in [1.82, 2.24) is 20.3 Å². The van der Waals surface area contributed by atoms with E-state index >= 15 is 4.39 Å². The highest BCUT2D eigenvalue weighted by Crippen LogP contribution is 2.67. The van der Waals surface area contributed by atoms with Crippen molar-refractivity contribution in [3.8, 4) is 0 Å². The van der Waals surface area contributed by atoms with Crippen LogP contribution in [0.15, 0.2) is 33.9 Å². The molecule has 2 aromatic rings. The molecule has 1 aromatic heterocycles. The first-order chi connectivity index (χ1) is 17.0. The SMILES string of the molecule is Cc1cnnn1C[C@]12C[C@H]1[C@@](CF)(c1cc(Br)ccc1F)N=C(OC(=O)NCOCC[Si](C)(C)C)S2. The number of amides is 1. The Kier molecular flexibility index (Phi) is 7.94. The molecule has 0 radical (unpaired) electrons. The van der Waals surface area contributed by atoms with Crippen molar-refractivity contribution in [2.45, 2.75) is 55.9 Å². The van der Waals surface area contributed by atoms with E-state index in [9.17, 15) is 9.18 Å². The first-order valence-electron chi connectivity index (χ1n) is 11.7. The fourth-order valence-corrected chi connectivity index (χ4v) is 6.92. The number of carbonyl (C=O) groups excluding carboxylic acids is 1. The lowest BCUT2D eigenvalue weighted by Gasteiger charge is -2.35. The molecule has 1 N–H and O–H groups in total. The van der Waals surface area contributed by atoms with E-state index < -0.39 is 36.9 Å². The number of halogens is 3. The number of alkyl carbamates (subject to hydrolysis) is 1. The fourth-order valence-electron chi connectivity index (χ4n) is 4.36. The zero-order valence-electron chi connectivity index (χ0n) is 20.7. The number of nitrogens with zero attached hydrogens (tertiary/aromatic N) is 4. The van der Waals surface area contributed by atoms with Crippen LogP contribution in [0.3, 0.4) is 0 Å². The average molecular weight is 603 g/mol. The molecule has 1 aliphatic carbocycles. The minimum absolute atomic E-state index is 0.0122. The van der Waals surface area contributed by atoms with Crippen LogP contribution in [0.4, 0.5) is 13.6 Å². The molecule has 0 unspecified atom stereocenters. The lowest BCUT2D eigenvalue weighted by atomic mass is 9.85. The Morgan fingerprint density at radius 3 is 2.83 bits per heavy atom. The van der Waals surface area contributed by atoms with Gasteiger partial charge in [-0.05, 0) is 37.6 Å². The number of hydrogen-bond acceptors (Lipinski definition) is 7. The molecule has 13 heteroatoms. The molecule has 1 aliphatic heterocycles. The summed E-state index contributed by atoms with van der Waals surface area (Å²) in [4.78, 5) is 17.0. The first-order valence-corrected chi connectivity index (χ1v) is 17.0. The van der Waals surface area contributed by atoms with Crippen molar-refractivity contribution in [3.63, 3.8) is 0 Å². The predicted molar refractivity (Wildman–Crippen MR) is 141 cm³/mol. The molecule has 8 nitrogen and oxygen atoms in total. The van der Waals surface area contributed by atoms with Crippen LogP contribution in [0.5, 0.6) is 0 Å². The molecule has 36 heavy (non-hydrogen) atoms. The van der Waals surface area contributed by atoms with E-state index in [1.54, 1.807) is 23.0 Å². The van der Waals surface area contributed by atoms with Gasteiger partial charge in [0, 0.05) is 30.6 Å². The van der Waals surface area contributed by atoms with Crippen molar-refractivity contribution < 1.29 is 23.0 Å². The zero-order valence-corrected chi connectivity index (χ0v) is 24.1. The van der Waals surface area contributed by atoms with Crippen LogP contribution in [0, 0.1) is 18.7 Å². The monoisotopic (exact) mass is 601 g/mol. The van der Waals surface area contributed by atoms with Crippen LogP contribution >= 0.6 is 27.7 Å². The number of thioether (sulfide) groups is 1. The highest BCUT2D eigenvalue weighted by molar-refractivity contribution is 9.10. The Bertz CT molecular complexity index is 1160.